The van der Waals surface area contributed by atoms with Crippen LogP contribution in [0.25, 0.3) is 6.08 Å². The van der Waals surface area contributed by atoms with E-state index in [1.807, 2.05) is 5.32 Å². The lowest BCUT2D eigenvalue weighted by molar-refractivity contribution is -0.137. The van der Waals surface area contributed by atoms with Crippen LogP contribution in [0.2, 0.25) is 5.02 Å². The van der Waals surface area contributed by atoms with Gasteiger partial charge in [-0.3, -0.25) is 4.79 Å². The van der Waals surface area contributed by atoms with Crippen LogP contribution in [0.15, 0.2) is 23.9 Å². The first-order valence-corrected chi connectivity index (χ1v) is 5.58. The number of carbonyl (C=O) groups excluding carboxylic acids is 1. The Morgan fingerprint density at radius 1 is 1.35 bits per heavy atom. The molecule has 2 N–H and O–H groups in total. The van der Waals surface area contributed by atoms with Gasteiger partial charge in [0.25, 0.3) is 0 Å². The molecule has 0 unspecified atom stereocenters. The highest BCUT2D eigenvalue weighted by molar-refractivity contribution is 6.31. The number of benzene rings is 1. The molecule has 0 aliphatic rings. The zero-order valence-corrected chi connectivity index (χ0v) is 10.8. The number of carbonyl (C=O) groups is 2. The van der Waals surface area contributed by atoms with E-state index in [9.17, 15) is 22.8 Å². The molecule has 0 atom stereocenters. The van der Waals surface area contributed by atoms with E-state index in [2.05, 4.69) is 0 Å². The molecule has 1 rings (SSSR count). The van der Waals surface area contributed by atoms with Gasteiger partial charge in [0.2, 0.25) is 5.91 Å². The van der Waals surface area contributed by atoms with Crippen LogP contribution in [0.5, 0.6) is 0 Å². The highest BCUT2D eigenvalue weighted by atomic mass is 35.5. The molecule has 1 aromatic rings. The third-order valence-electron chi connectivity index (χ3n) is 2.15. The van der Waals surface area contributed by atoms with Gasteiger partial charge in [-0.15, -0.1) is 0 Å². The molecule has 4 nitrogen and oxygen atoms in total. The molecule has 0 aromatic heterocycles. The van der Waals surface area contributed by atoms with E-state index in [-0.39, 0.29) is 5.56 Å². The second-order valence-electron chi connectivity index (χ2n) is 3.78. The van der Waals surface area contributed by atoms with E-state index in [1.54, 1.807) is 0 Å². The molecule has 1 amide bonds. The zero-order valence-electron chi connectivity index (χ0n) is 10.1. The lowest BCUT2D eigenvalue weighted by Gasteiger charge is -2.10. The maximum Gasteiger partial charge on any atom is 0.417 e. The number of alkyl halides is 3. The monoisotopic (exact) mass is 307 g/mol. The summed E-state index contributed by atoms with van der Waals surface area (Å²) in [5.74, 6) is -2.12. The summed E-state index contributed by atoms with van der Waals surface area (Å²) in [6, 6.07) is 2.92. The van der Waals surface area contributed by atoms with E-state index in [4.69, 9.17) is 16.7 Å². The molecule has 0 saturated carbocycles. The fourth-order valence-electron chi connectivity index (χ4n) is 1.36. The van der Waals surface area contributed by atoms with Crippen molar-refractivity contribution < 1.29 is 27.9 Å². The van der Waals surface area contributed by atoms with Crippen molar-refractivity contribution in [2.45, 2.75) is 13.1 Å². The highest BCUT2D eigenvalue weighted by Crippen LogP contribution is 2.35. The van der Waals surface area contributed by atoms with Gasteiger partial charge in [-0.05, 0) is 23.8 Å². The summed E-state index contributed by atoms with van der Waals surface area (Å²) in [5.41, 5.74) is -1.67. The van der Waals surface area contributed by atoms with Crippen LogP contribution in [-0.2, 0) is 15.8 Å². The molecule has 0 saturated heterocycles. The van der Waals surface area contributed by atoms with Crippen molar-refractivity contribution in [2.75, 3.05) is 0 Å². The first-order chi connectivity index (χ1) is 9.11. The summed E-state index contributed by atoms with van der Waals surface area (Å²) in [4.78, 5) is 21.7. The van der Waals surface area contributed by atoms with Gasteiger partial charge in [0.15, 0.2) is 0 Å². The van der Waals surface area contributed by atoms with E-state index in [0.29, 0.717) is 6.07 Å². The SMILES string of the molecule is CC(=O)N/C(=C/c1ccc(Cl)c(C(F)(F)F)c1)C(=O)O. The van der Waals surface area contributed by atoms with Gasteiger partial charge >= 0.3 is 12.1 Å². The smallest absolute Gasteiger partial charge is 0.417 e. The fourth-order valence-corrected chi connectivity index (χ4v) is 1.58. The number of halogens is 4. The van der Waals surface area contributed by atoms with Crippen LogP contribution >= 0.6 is 11.6 Å². The normalized spacial score (nSPS) is 12.2. The van der Waals surface area contributed by atoms with Gasteiger partial charge in [0, 0.05) is 6.92 Å². The van der Waals surface area contributed by atoms with E-state index >= 15 is 0 Å². The average molecular weight is 308 g/mol. The minimum Gasteiger partial charge on any atom is -0.477 e. The molecule has 0 radical (unpaired) electrons. The summed E-state index contributed by atoms with van der Waals surface area (Å²) in [7, 11) is 0. The molecule has 8 heteroatoms. The van der Waals surface area contributed by atoms with Crippen molar-refractivity contribution in [1.29, 1.82) is 0 Å². The third kappa shape index (κ3) is 4.27. The van der Waals surface area contributed by atoms with Crippen molar-refractivity contribution in [3.05, 3.63) is 40.0 Å². The first kappa shape index (κ1) is 16.0. The molecule has 0 aliphatic heterocycles. The Hall–Kier alpha value is -2.02. The second kappa shape index (κ2) is 5.96. The maximum atomic E-state index is 12.6. The predicted octanol–water partition coefficient (Wildman–Crippen LogP) is 2.92. The molecule has 108 valence electrons. The Morgan fingerprint density at radius 2 is 1.95 bits per heavy atom. The average Bonchev–Trinajstić information content (AvgIpc) is 2.28. The standard InChI is InChI=1S/C12H9ClF3NO3/c1-6(18)17-10(11(19)20)5-7-2-3-9(13)8(4-7)12(14,15)16/h2-5H,1H3,(H,17,18)(H,19,20)/b10-5+. The Labute approximate surface area is 116 Å². The number of nitrogens with one attached hydrogen (secondary N) is 1. The molecule has 20 heavy (non-hydrogen) atoms. The van der Waals surface area contributed by atoms with Crippen LogP contribution < -0.4 is 5.32 Å². The van der Waals surface area contributed by atoms with Crippen LogP contribution in [0.3, 0.4) is 0 Å². The Bertz CT molecular complexity index is 582. The van der Waals surface area contributed by atoms with Crippen molar-refractivity contribution in [2.24, 2.45) is 0 Å². The summed E-state index contributed by atoms with van der Waals surface area (Å²) >= 11 is 5.44. The fraction of sp³-hybridized carbons (Fsp3) is 0.167. The van der Waals surface area contributed by atoms with Gasteiger partial charge in [0.1, 0.15) is 5.70 Å². The van der Waals surface area contributed by atoms with Crippen LogP contribution in [-0.4, -0.2) is 17.0 Å². The van der Waals surface area contributed by atoms with E-state index in [1.165, 1.54) is 6.07 Å². The van der Waals surface area contributed by atoms with Gasteiger partial charge in [-0.2, -0.15) is 13.2 Å². The van der Waals surface area contributed by atoms with Gasteiger partial charge in [-0.25, -0.2) is 4.79 Å². The summed E-state index contributed by atoms with van der Waals surface area (Å²) < 4.78 is 37.9. The largest absolute Gasteiger partial charge is 0.477 e. The van der Waals surface area contributed by atoms with E-state index in [0.717, 1.165) is 19.1 Å². The second-order valence-corrected chi connectivity index (χ2v) is 4.19. The molecular formula is C12H9ClF3NO3. The summed E-state index contributed by atoms with van der Waals surface area (Å²) in [6.07, 6.45) is -3.74. The minimum absolute atomic E-state index is 0.0483. The molecule has 0 fully saturated rings. The predicted molar refractivity (Wildman–Crippen MR) is 65.9 cm³/mol. The molecule has 0 spiro atoms. The minimum atomic E-state index is -4.65. The van der Waals surface area contributed by atoms with Crippen molar-refractivity contribution in [1.82, 2.24) is 5.32 Å². The molecule has 0 aliphatic carbocycles. The van der Waals surface area contributed by atoms with Crippen molar-refractivity contribution >= 4 is 29.6 Å². The van der Waals surface area contributed by atoms with Gasteiger partial charge in [-0.1, -0.05) is 17.7 Å². The Morgan fingerprint density at radius 3 is 2.40 bits per heavy atom. The van der Waals surface area contributed by atoms with Crippen LogP contribution in [0.4, 0.5) is 13.2 Å². The highest BCUT2D eigenvalue weighted by Gasteiger charge is 2.33. The zero-order chi connectivity index (χ0) is 15.5. The topological polar surface area (TPSA) is 66.4 Å². The third-order valence-corrected chi connectivity index (χ3v) is 2.48. The van der Waals surface area contributed by atoms with E-state index < -0.39 is 34.3 Å². The van der Waals surface area contributed by atoms with Crippen LogP contribution in [0.1, 0.15) is 18.1 Å². The van der Waals surface area contributed by atoms with Gasteiger partial charge in [0.05, 0.1) is 10.6 Å². The summed E-state index contributed by atoms with van der Waals surface area (Å²) in [6.45, 7) is 1.08. The number of aliphatic carboxylic acids is 1. The maximum absolute atomic E-state index is 12.6. The molecule has 1 aromatic carbocycles. The lowest BCUT2D eigenvalue weighted by atomic mass is 10.1. The number of hydrogen-bond donors (Lipinski definition) is 2. The molecule has 0 heterocycles. The van der Waals surface area contributed by atoms with Crippen molar-refractivity contribution in [3.8, 4) is 0 Å². The van der Waals surface area contributed by atoms with Crippen LogP contribution in [0, 0.1) is 0 Å². The number of carboxylic acids is 1. The van der Waals surface area contributed by atoms with Gasteiger partial charge < -0.3 is 10.4 Å². The number of amides is 1. The molecule has 0 bridgehead atoms. The summed E-state index contributed by atoms with van der Waals surface area (Å²) in [5, 5.41) is 10.4. The first-order valence-electron chi connectivity index (χ1n) is 5.20. The number of hydrogen-bond acceptors (Lipinski definition) is 2. The quantitative estimate of drug-likeness (QED) is 0.844. The lowest BCUT2D eigenvalue weighted by Crippen LogP contribution is -2.24. The number of carboxylic acid groups (broad SMARTS) is 1. The molecular weight excluding hydrogens is 299 g/mol. The van der Waals surface area contributed by atoms with Crippen molar-refractivity contribution in [3.63, 3.8) is 0 Å². The Balaban J connectivity index is 3.26. The number of rotatable bonds is 3. The Kier molecular flexibility index (Phi) is 4.78.